The van der Waals surface area contributed by atoms with Crippen molar-refractivity contribution in [2.75, 3.05) is 7.11 Å². The third-order valence-corrected chi connectivity index (χ3v) is 3.59. The molecule has 2 atom stereocenters. The van der Waals surface area contributed by atoms with Crippen LogP contribution >= 0.6 is 0 Å². The SMILES string of the molecule is COc1cnn(C(C)C)c1C1CCCCC1O. The molecule has 2 unspecified atom stereocenters. The summed E-state index contributed by atoms with van der Waals surface area (Å²) in [6, 6.07) is 0.294. The number of hydrogen-bond acceptors (Lipinski definition) is 3. The van der Waals surface area contributed by atoms with Gasteiger partial charge in [0, 0.05) is 12.0 Å². The Morgan fingerprint density at radius 1 is 1.41 bits per heavy atom. The first kappa shape index (κ1) is 12.4. The van der Waals surface area contributed by atoms with Crippen LogP contribution in [-0.4, -0.2) is 28.1 Å². The first-order valence-corrected chi connectivity index (χ1v) is 6.44. The molecule has 1 aliphatic carbocycles. The first-order valence-electron chi connectivity index (χ1n) is 6.44. The minimum Gasteiger partial charge on any atom is -0.493 e. The number of aliphatic hydroxyl groups is 1. The van der Waals surface area contributed by atoms with Gasteiger partial charge >= 0.3 is 0 Å². The van der Waals surface area contributed by atoms with Crippen LogP contribution in [0.1, 0.15) is 57.2 Å². The second-order valence-corrected chi connectivity index (χ2v) is 5.09. The van der Waals surface area contributed by atoms with E-state index in [1.165, 1.54) is 6.42 Å². The molecule has 1 aromatic heterocycles. The smallest absolute Gasteiger partial charge is 0.160 e. The summed E-state index contributed by atoms with van der Waals surface area (Å²) >= 11 is 0. The molecule has 1 aromatic rings. The Labute approximate surface area is 103 Å². The van der Waals surface area contributed by atoms with Gasteiger partial charge in [-0.05, 0) is 26.7 Å². The molecule has 0 saturated heterocycles. The van der Waals surface area contributed by atoms with E-state index in [9.17, 15) is 5.11 Å². The van der Waals surface area contributed by atoms with Gasteiger partial charge in [-0.15, -0.1) is 0 Å². The maximum Gasteiger partial charge on any atom is 0.160 e. The number of hydrogen-bond donors (Lipinski definition) is 1. The van der Waals surface area contributed by atoms with Crippen molar-refractivity contribution in [3.05, 3.63) is 11.9 Å². The van der Waals surface area contributed by atoms with E-state index in [1.807, 2.05) is 4.68 Å². The first-order chi connectivity index (χ1) is 8.15. The molecule has 4 nitrogen and oxygen atoms in total. The molecule has 4 heteroatoms. The highest BCUT2D eigenvalue weighted by Crippen LogP contribution is 2.38. The van der Waals surface area contributed by atoms with Gasteiger partial charge in [0.2, 0.25) is 0 Å². The van der Waals surface area contributed by atoms with Crippen molar-refractivity contribution in [2.24, 2.45) is 0 Å². The van der Waals surface area contributed by atoms with Crippen molar-refractivity contribution in [1.29, 1.82) is 0 Å². The fraction of sp³-hybridized carbons (Fsp3) is 0.769. The lowest BCUT2D eigenvalue weighted by Gasteiger charge is -2.29. The Morgan fingerprint density at radius 2 is 2.12 bits per heavy atom. The van der Waals surface area contributed by atoms with E-state index in [0.29, 0.717) is 6.04 Å². The molecule has 0 radical (unpaired) electrons. The van der Waals surface area contributed by atoms with Crippen LogP contribution in [0.4, 0.5) is 0 Å². The van der Waals surface area contributed by atoms with Crippen LogP contribution in [0.2, 0.25) is 0 Å². The van der Waals surface area contributed by atoms with Gasteiger partial charge in [-0.2, -0.15) is 5.10 Å². The second kappa shape index (κ2) is 5.08. The largest absolute Gasteiger partial charge is 0.493 e. The Balaban J connectivity index is 2.37. The number of rotatable bonds is 3. The highest BCUT2D eigenvalue weighted by atomic mass is 16.5. The summed E-state index contributed by atoms with van der Waals surface area (Å²) in [5, 5.41) is 14.5. The zero-order valence-corrected chi connectivity index (χ0v) is 10.9. The molecule has 0 aromatic carbocycles. The quantitative estimate of drug-likeness (QED) is 0.880. The van der Waals surface area contributed by atoms with Gasteiger partial charge in [0.05, 0.1) is 25.1 Å². The number of aromatic nitrogens is 2. The van der Waals surface area contributed by atoms with Crippen LogP contribution in [0.3, 0.4) is 0 Å². The van der Waals surface area contributed by atoms with Gasteiger partial charge in [0.25, 0.3) is 0 Å². The maximum atomic E-state index is 10.2. The van der Waals surface area contributed by atoms with Gasteiger partial charge in [-0.3, -0.25) is 4.68 Å². The molecule has 0 bridgehead atoms. The molecular formula is C13H22N2O2. The van der Waals surface area contributed by atoms with Gasteiger partial charge in [0.15, 0.2) is 5.75 Å². The standard InChI is InChI=1S/C13H22N2O2/c1-9(2)15-13(12(17-3)8-14-15)10-6-4-5-7-11(10)16/h8-11,16H,4-7H2,1-3H3. The molecule has 17 heavy (non-hydrogen) atoms. The van der Waals surface area contributed by atoms with Crippen molar-refractivity contribution < 1.29 is 9.84 Å². The van der Waals surface area contributed by atoms with Crippen molar-refractivity contribution >= 4 is 0 Å². The van der Waals surface area contributed by atoms with Gasteiger partial charge < -0.3 is 9.84 Å². The molecule has 1 fully saturated rings. The lowest BCUT2D eigenvalue weighted by atomic mass is 9.84. The zero-order valence-electron chi connectivity index (χ0n) is 10.9. The second-order valence-electron chi connectivity index (χ2n) is 5.09. The number of nitrogens with zero attached hydrogens (tertiary/aromatic N) is 2. The van der Waals surface area contributed by atoms with Crippen molar-refractivity contribution in [2.45, 2.75) is 57.6 Å². The number of ether oxygens (including phenoxy) is 1. The van der Waals surface area contributed by atoms with Crippen LogP contribution < -0.4 is 4.74 Å². The van der Waals surface area contributed by atoms with Crippen LogP contribution in [0.25, 0.3) is 0 Å². The molecule has 2 rings (SSSR count). The van der Waals surface area contributed by atoms with E-state index in [2.05, 4.69) is 18.9 Å². The topological polar surface area (TPSA) is 47.3 Å². The zero-order chi connectivity index (χ0) is 12.4. The summed E-state index contributed by atoms with van der Waals surface area (Å²) in [5.41, 5.74) is 1.06. The fourth-order valence-corrected chi connectivity index (χ4v) is 2.71. The summed E-state index contributed by atoms with van der Waals surface area (Å²) in [6.07, 6.45) is 5.71. The van der Waals surface area contributed by atoms with Gasteiger partial charge in [0.1, 0.15) is 0 Å². The molecule has 1 heterocycles. The van der Waals surface area contributed by atoms with Crippen LogP contribution in [0.15, 0.2) is 6.20 Å². The molecule has 1 saturated carbocycles. The molecular weight excluding hydrogens is 216 g/mol. The average molecular weight is 238 g/mol. The average Bonchev–Trinajstić information content (AvgIpc) is 2.73. The van der Waals surface area contributed by atoms with Crippen LogP contribution in [0.5, 0.6) is 5.75 Å². The van der Waals surface area contributed by atoms with E-state index in [1.54, 1.807) is 13.3 Å². The Kier molecular flexibility index (Phi) is 3.72. The van der Waals surface area contributed by atoms with E-state index in [-0.39, 0.29) is 12.0 Å². The highest BCUT2D eigenvalue weighted by molar-refractivity contribution is 5.30. The monoisotopic (exact) mass is 238 g/mol. The summed E-state index contributed by atoms with van der Waals surface area (Å²) in [6.45, 7) is 4.20. The summed E-state index contributed by atoms with van der Waals surface area (Å²) < 4.78 is 7.37. The van der Waals surface area contributed by atoms with E-state index in [4.69, 9.17) is 4.74 Å². The predicted molar refractivity (Wildman–Crippen MR) is 66.4 cm³/mol. The van der Waals surface area contributed by atoms with E-state index >= 15 is 0 Å². The molecule has 1 aliphatic rings. The van der Waals surface area contributed by atoms with E-state index < -0.39 is 0 Å². The Bertz CT molecular complexity index is 373. The number of aliphatic hydroxyl groups excluding tert-OH is 1. The molecule has 1 N–H and O–H groups in total. The predicted octanol–water partition coefficient (Wildman–Crippen LogP) is 2.49. The number of methoxy groups -OCH3 is 1. The lowest BCUT2D eigenvalue weighted by molar-refractivity contribution is 0.100. The van der Waals surface area contributed by atoms with Crippen molar-refractivity contribution in [3.63, 3.8) is 0 Å². The molecule has 0 aliphatic heterocycles. The normalized spacial score (nSPS) is 25.2. The summed E-state index contributed by atoms with van der Waals surface area (Å²) in [7, 11) is 1.67. The van der Waals surface area contributed by atoms with Gasteiger partial charge in [-0.1, -0.05) is 12.8 Å². The molecule has 96 valence electrons. The van der Waals surface area contributed by atoms with Crippen LogP contribution in [-0.2, 0) is 0 Å². The highest BCUT2D eigenvalue weighted by Gasteiger charge is 2.31. The third kappa shape index (κ3) is 2.32. The Hall–Kier alpha value is -1.03. The maximum absolute atomic E-state index is 10.2. The van der Waals surface area contributed by atoms with Crippen molar-refractivity contribution in [3.8, 4) is 5.75 Å². The Morgan fingerprint density at radius 3 is 2.71 bits per heavy atom. The minimum absolute atomic E-state index is 0.170. The summed E-state index contributed by atoms with van der Waals surface area (Å²) in [5.74, 6) is 0.980. The third-order valence-electron chi connectivity index (χ3n) is 3.59. The minimum atomic E-state index is -0.258. The summed E-state index contributed by atoms with van der Waals surface area (Å²) in [4.78, 5) is 0. The fourth-order valence-electron chi connectivity index (χ4n) is 2.71. The molecule has 0 spiro atoms. The lowest BCUT2D eigenvalue weighted by Crippen LogP contribution is -2.26. The van der Waals surface area contributed by atoms with Crippen LogP contribution in [0, 0.1) is 0 Å². The van der Waals surface area contributed by atoms with Gasteiger partial charge in [-0.25, -0.2) is 0 Å². The van der Waals surface area contributed by atoms with Crippen molar-refractivity contribution in [1.82, 2.24) is 9.78 Å². The van der Waals surface area contributed by atoms with E-state index in [0.717, 1.165) is 30.7 Å². The molecule has 0 amide bonds.